The molecule has 1 atom stereocenters. The highest BCUT2D eigenvalue weighted by Crippen LogP contribution is 2.40. The molecule has 1 heterocycles. The third-order valence-corrected chi connectivity index (χ3v) is 6.92. The number of carbonyl (C=O) groups excluding carboxylic acids is 1. The first kappa shape index (κ1) is 31.9. The van der Waals surface area contributed by atoms with Gasteiger partial charge in [-0.2, -0.15) is 18.2 Å². The van der Waals surface area contributed by atoms with Gasteiger partial charge in [0.25, 0.3) is 5.89 Å². The van der Waals surface area contributed by atoms with Crippen molar-refractivity contribution < 1.29 is 31.6 Å². The van der Waals surface area contributed by atoms with Crippen molar-refractivity contribution in [2.45, 2.75) is 65.9 Å². The van der Waals surface area contributed by atoms with Crippen LogP contribution in [0.2, 0.25) is 0 Å². The fraction of sp³-hybridized carbons (Fsp3) is 0.364. The van der Waals surface area contributed by atoms with Crippen LogP contribution in [0.15, 0.2) is 65.2 Å². The zero-order chi connectivity index (χ0) is 31.7. The van der Waals surface area contributed by atoms with Crippen LogP contribution in [0, 0.1) is 18.7 Å². The summed E-state index contributed by atoms with van der Waals surface area (Å²) in [6.07, 6.45) is -4.62. The summed E-state index contributed by atoms with van der Waals surface area (Å²) >= 11 is 0. The lowest BCUT2D eigenvalue weighted by Gasteiger charge is -2.32. The molecule has 0 saturated carbocycles. The summed E-state index contributed by atoms with van der Waals surface area (Å²) in [4.78, 5) is 18.8. The lowest BCUT2D eigenvalue weighted by atomic mass is 9.94. The second kappa shape index (κ2) is 12.3. The topological polar surface area (TPSA) is 68.5 Å². The molecule has 0 aliphatic heterocycles. The molecule has 0 amide bonds. The predicted molar refractivity (Wildman–Crippen MR) is 156 cm³/mol. The normalized spacial score (nSPS) is 13.0. The summed E-state index contributed by atoms with van der Waals surface area (Å²) in [6, 6.07) is 14.5. The third kappa shape index (κ3) is 7.48. The van der Waals surface area contributed by atoms with Crippen LogP contribution in [0.25, 0.3) is 34.0 Å². The molecule has 228 valence electrons. The number of hydrogen-bond donors (Lipinski definition) is 0. The number of alkyl halides is 3. The Bertz CT molecular complexity index is 1610. The zero-order valence-corrected chi connectivity index (χ0v) is 25.2. The van der Waals surface area contributed by atoms with E-state index in [0.717, 1.165) is 6.07 Å². The Kier molecular flexibility index (Phi) is 9.11. The van der Waals surface area contributed by atoms with Crippen molar-refractivity contribution in [2.75, 3.05) is 7.05 Å². The second-order valence-corrected chi connectivity index (χ2v) is 11.9. The van der Waals surface area contributed by atoms with Crippen molar-refractivity contribution in [3.05, 3.63) is 83.2 Å². The Morgan fingerprint density at radius 1 is 0.977 bits per heavy atom. The monoisotopic (exact) mass is 597 g/mol. The number of carbonyl (C=O) groups is 1. The SMILES string of the molecule is Cc1ccccc1-c1ccc(-c2nc(-c3ccc(CN(C)C(C(=O)OC(C)(C)C)C(C)C)c(F)c3)no2)cc1C(F)(F)F. The smallest absolute Gasteiger partial charge is 0.417 e. The van der Waals surface area contributed by atoms with Gasteiger partial charge in [0.1, 0.15) is 17.5 Å². The van der Waals surface area contributed by atoms with Crippen molar-refractivity contribution in [2.24, 2.45) is 5.92 Å². The maximum atomic E-state index is 15.2. The van der Waals surface area contributed by atoms with E-state index in [1.165, 1.54) is 18.2 Å². The van der Waals surface area contributed by atoms with Gasteiger partial charge in [0, 0.05) is 23.2 Å². The van der Waals surface area contributed by atoms with Crippen molar-refractivity contribution >= 4 is 5.97 Å². The first-order valence-electron chi connectivity index (χ1n) is 13.9. The van der Waals surface area contributed by atoms with Crippen molar-refractivity contribution in [1.82, 2.24) is 15.0 Å². The van der Waals surface area contributed by atoms with Gasteiger partial charge in [-0.3, -0.25) is 9.69 Å². The summed E-state index contributed by atoms with van der Waals surface area (Å²) in [6.45, 7) is 11.1. The van der Waals surface area contributed by atoms with E-state index >= 15 is 4.39 Å². The molecule has 10 heteroatoms. The Morgan fingerprint density at radius 2 is 1.65 bits per heavy atom. The lowest BCUT2D eigenvalue weighted by Crippen LogP contribution is -2.45. The molecule has 0 spiro atoms. The minimum atomic E-state index is -4.62. The molecule has 4 aromatic rings. The average molecular weight is 598 g/mol. The zero-order valence-electron chi connectivity index (χ0n) is 25.2. The Labute approximate surface area is 248 Å². The first-order chi connectivity index (χ1) is 20.0. The van der Waals surface area contributed by atoms with Gasteiger partial charge in [0.15, 0.2) is 0 Å². The molecular formula is C33H35F4N3O3. The van der Waals surface area contributed by atoms with Gasteiger partial charge < -0.3 is 9.26 Å². The molecule has 0 fully saturated rings. The molecule has 6 nitrogen and oxygen atoms in total. The number of ether oxygens (including phenoxy) is 1. The Hall–Kier alpha value is -4.05. The fourth-order valence-electron chi connectivity index (χ4n) is 4.98. The van der Waals surface area contributed by atoms with Crippen LogP contribution in [-0.2, 0) is 22.3 Å². The van der Waals surface area contributed by atoms with Crippen LogP contribution in [0.3, 0.4) is 0 Å². The summed E-state index contributed by atoms with van der Waals surface area (Å²) in [5, 5.41) is 3.88. The number of likely N-dealkylation sites (N-methyl/N-ethyl adjacent to an activating group) is 1. The molecule has 0 saturated heterocycles. The van der Waals surface area contributed by atoms with Crippen molar-refractivity contribution in [3.63, 3.8) is 0 Å². The van der Waals surface area contributed by atoms with E-state index in [9.17, 15) is 18.0 Å². The standard InChI is InChI=1S/C33H35F4N3O3/c1-19(2)28(31(41)42-32(4,5)6)40(7)18-23-13-12-21(17-27(23)34)29-38-30(43-39-29)22-14-15-25(26(16-22)33(35,36)37)24-11-9-8-10-20(24)3/h8-17,19,28H,18H2,1-7H3. The molecule has 0 aliphatic carbocycles. The van der Waals surface area contributed by atoms with E-state index in [-0.39, 0.29) is 41.3 Å². The molecule has 0 bridgehead atoms. The largest absolute Gasteiger partial charge is 0.459 e. The predicted octanol–water partition coefficient (Wildman–Crippen LogP) is 8.34. The van der Waals surface area contributed by atoms with E-state index in [4.69, 9.17) is 9.26 Å². The van der Waals surface area contributed by atoms with Crippen molar-refractivity contribution in [1.29, 1.82) is 0 Å². The van der Waals surface area contributed by atoms with Gasteiger partial charge in [0.2, 0.25) is 5.82 Å². The summed E-state index contributed by atoms with van der Waals surface area (Å²) in [7, 11) is 1.73. The number of hydrogen-bond acceptors (Lipinski definition) is 6. The van der Waals surface area contributed by atoms with Crippen LogP contribution in [0.5, 0.6) is 0 Å². The van der Waals surface area contributed by atoms with Gasteiger partial charge in [-0.25, -0.2) is 4.39 Å². The quantitative estimate of drug-likeness (QED) is 0.150. The minimum Gasteiger partial charge on any atom is -0.459 e. The lowest BCUT2D eigenvalue weighted by molar-refractivity contribution is -0.163. The van der Waals surface area contributed by atoms with E-state index in [1.807, 2.05) is 13.8 Å². The molecule has 3 aromatic carbocycles. The number of halogens is 4. The van der Waals surface area contributed by atoms with Crippen LogP contribution in [0.1, 0.15) is 51.3 Å². The fourth-order valence-corrected chi connectivity index (χ4v) is 4.98. The number of esters is 1. The highest BCUT2D eigenvalue weighted by Gasteiger charge is 2.35. The number of benzene rings is 3. The first-order valence-corrected chi connectivity index (χ1v) is 13.9. The van der Waals surface area contributed by atoms with Crippen LogP contribution < -0.4 is 0 Å². The second-order valence-electron chi connectivity index (χ2n) is 11.9. The molecule has 1 unspecified atom stereocenters. The van der Waals surface area contributed by atoms with Gasteiger partial charge in [-0.05, 0) is 75.5 Å². The Balaban J connectivity index is 1.58. The number of aromatic nitrogens is 2. The van der Waals surface area contributed by atoms with Gasteiger partial charge in [-0.1, -0.05) is 61.5 Å². The summed E-state index contributed by atoms with van der Waals surface area (Å²) in [5.74, 6) is -1.12. The highest BCUT2D eigenvalue weighted by atomic mass is 19.4. The molecule has 0 aliphatic rings. The maximum absolute atomic E-state index is 15.2. The molecule has 1 aromatic heterocycles. The van der Waals surface area contributed by atoms with Gasteiger partial charge in [0.05, 0.1) is 5.56 Å². The van der Waals surface area contributed by atoms with Gasteiger partial charge in [-0.15, -0.1) is 0 Å². The van der Waals surface area contributed by atoms with Gasteiger partial charge >= 0.3 is 12.1 Å². The molecule has 0 N–H and O–H groups in total. The van der Waals surface area contributed by atoms with E-state index < -0.39 is 29.2 Å². The van der Waals surface area contributed by atoms with E-state index in [2.05, 4.69) is 10.1 Å². The van der Waals surface area contributed by atoms with Crippen LogP contribution >= 0.6 is 0 Å². The number of rotatable bonds is 8. The maximum Gasteiger partial charge on any atom is 0.417 e. The van der Waals surface area contributed by atoms with E-state index in [0.29, 0.717) is 22.3 Å². The molecular weight excluding hydrogens is 562 g/mol. The molecule has 4 rings (SSSR count). The third-order valence-electron chi connectivity index (χ3n) is 6.92. The molecule has 0 radical (unpaired) electrons. The summed E-state index contributed by atoms with van der Waals surface area (Å²) in [5.41, 5.74) is 0.460. The number of aryl methyl sites for hydroxylation is 1. The van der Waals surface area contributed by atoms with Crippen LogP contribution in [0.4, 0.5) is 17.6 Å². The summed E-state index contributed by atoms with van der Waals surface area (Å²) < 4.78 is 68.3. The van der Waals surface area contributed by atoms with Crippen LogP contribution in [-0.4, -0.2) is 39.7 Å². The highest BCUT2D eigenvalue weighted by molar-refractivity contribution is 5.76. The number of nitrogens with zero attached hydrogens (tertiary/aromatic N) is 3. The molecule has 43 heavy (non-hydrogen) atoms. The van der Waals surface area contributed by atoms with E-state index in [1.54, 1.807) is 76.0 Å². The minimum absolute atomic E-state index is 0.0270. The van der Waals surface area contributed by atoms with Crippen molar-refractivity contribution in [3.8, 4) is 34.0 Å². The Morgan fingerprint density at radius 3 is 2.26 bits per heavy atom. The average Bonchev–Trinajstić information content (AvgIpc) is 3.38.